The molecule has 7 heteroatoms. The first-order chi connectivity index (χ1) is 11.4. The molecule has 1 N–H and O–H groups in total. The van der Waals surface area contributed by atoms with E-state index in [1.54, 1.807) is 17.9 Å². The average Bonchev–Trinajstić information content (AvgIpc) is 2.51. The summed E-state index contributed by atoms with van der Waals surface area (Å²) in [5.74, 6) is 0.213. The third kappa shape index (κ3) is 4.18. The van der Waals surface area contributed by atoms with Gasteiger partial charge in [-0.15, -0.1) is 0 Å². The number of hydrogen-bond acceptors (Lipinski definition) is 4. The van der Waals surface area contributed by atoms with Gasteiger partial charge in [-0.1, -0.05) is 34.5 Å². The van der Waals surface area contributed by atoms with Crippen LogP contribution in [0.5, 0.6) is 0 Å². The second kappa shape index (κ2) is 8.14. The molecule has 0 saturated carbocycles. The van der Waals surface area contributed by atoms with Crippen molar-refractivity contribution in [1.82, 2.24) is 9.55 Å². The highest BCUT2D eigenvalue weighted by molar-refractivity contribution is 9.10. The van der Waals surface area contributed by atoms with Gasteiger partial charge in [-0.25, -0.2) is 4.98 Å². The first-order valence-corrected chi connectivity index (χ1v) is 8.85. The van der Waals surface area contributed by atoms with Crippen LogP contribution in [0.15, 0.2) is 27.6 Å². The van der Waals surface area contributed by atoms with Crippen LogP contribution < -0.4 is 10.9 Å². The maximum absolute atomic E-state index is 12.8. The topological polar surface area (TPSA) is 56.1 Å². The minimum absolute atomic E-state index is 0.0874. The zero-order valence-corrected chi connectivity index (χ0v) is 16.5. The van der Waals surface area contributed by atoms with Crippen molar-refractivity contribution in [3.05, 3.63) is 49.4 Å². The van der Waals surface area contributed by atoms with E-state index in [0.29, 0.717) is 6.61 Å². The number of rotatable bonds is 6. The van der Waals surface area contributed by atoms with Crippen molar-refractivity contribution in [3.8, 4) is 0 Å². The summed E-state index contributed by atoms with van der Waals surface area (Å²) >= 11 is 9.61. The van der Waals surface area contributed by atoms with Crippen molar-refractivity contribution in [2.24, 2.45) is 0 Å². The number of methoxy groups -OCH3 is 1. The number of halogens is 2. The summed E-state index contributed by atoms with van der Waals surface area (Å²) in [5.41, 5.74) is 2.67. The smallest absolute Gasteiger partial charge is 0.294 e. The molecule has 1 aromatic heterocycles. The van der Waals surface area contributed by atoms with Gasteiger partial charge >= 0.3 is 0 Å². The third-order valence-electron chi connectivity index (χ3n) is 3.87. The number of hydrogen-bond donors (Lipinski definition) is 1. The van der Waals surface area contributed by atoms with Gasteiger partial charge in [0.2, 0.25) is 0 Å². The summed E-state index contributed by atoms with van der Waals surface area (Å²) in [6.07, 6.45) is 2.31. The van der Waals surface area contributed by atoms with Crippen LogP contribution in [0, 0.1) is 13.8 Å². The molecule has 0 spiro atoms. The molecule has 24 heavy (non-hydrogen) atoms. The van der Waals surface area contributed by atoms with Gasteiger partial charge in [0.25, 0.3) is 5.56 Å². The molecule has 1 unspecified atom stereocenters. The third-order valence-corrected chi connectivity index (χ3v) is 4.51. The Morgan fingerprint density at radius 1 is 1.38 bits per heavy atom. The van der Waals surface area contributed by atoms with Gasteiger partial charge in [-0.2, -0.15) is 0 Å². The number of benzene rings is 1. The molecule has 0 aliphatic heterocycles. The van der Waals surface area contributed by atoms with Crippen molar-refractivity contribution in [3.63, 3.8) is 0 Å². The van der Waals surface area contributed by atoms with Crippen LogP contribution in [-0.4, -0.2) is 23.3 Å². The summed E-state index contributed by atoms with van der Waals surface area (Å²) < 4.78 is 7.78. The number of nitrogens with zero attached hydrogens (tertiary/aromatic N) is 2. The summed E-state index contributed by atoms with van der Waals surface area (Å²) in [5, 5.41) is 3.41. The molecule has 2 rings (SSSR count). The number of nitrogens with one attached hydrogen (secondary N) is 1. The van der Waals surface area contributed by atoms with Crippen molar-refractivity contribution >= 4 is 39.0 Å². The number of ether oxygens (including phenoxy) is 1. The lowest BCUT2D eigenvalue weighted by Crippen LogP contribution is -2.29. The van der Waals surface area contributed by atoms with Crippen LogP contribution in [0.1, 0.15) is 30.5 Å². The lowest BCUT2D eigenvalue weighted by atomic mass is 10.1. The Hall–Kier alpha value is -1.37. The summed E-state index contributed by atoms with van der Waals surface area (Å²) in [4.78, 5) is 17.0. The van der Waals surface area contributed by atoms with E-state index in [1.807, 2.05) is 32.9 Å². The van der Waals surface area contributed by atoms with E-state index in [1.165, 1.54) is 0 Å². The van der Waals surface area contributed by atoms with Crippen molar-refractivity contribution in [2.75, 3.05) is 19.0 Å². The molecule has 0 saturated heterocycles. The number of anilines is 2. The minimum Gasteiger partial charge on any atom is -0.383 e. The quantitative estimate of drug-likeness (QED) is 0.749. The maximum Gasteiger partial charge on any atom is 0.294 e. The molecule has 0 bridgehead atoms. The van der Waals surface area contributed by atoms with Gasteiger partial charge in [0, 0.05) is 23.5 Å². The summed E-state index contributed by atoms with van der Waals surface area (Å²) in [7, 11) is 1.62. The lowest BCUT2D eigenvalue weighted by molar-refractivity contribution is 0.151. The zero-order valence-electron chi connectivity index (χ0n) is 14.2. The second-order valence-corrected chi connectivity index (χ2v) is 6.98. The molecule has 1 heterocycles. The van der Waals surface area contributed by atoms with Gasteiger partial charge in [0.1, 0.15) is 5.15 Å². The first-order valence-electron chi connectivity index (χ1n) is 7.68. The van der Waals surface area contributed by atoms with E-state index in [9.17, 15) is 4.79 Å². The Kier molecular flexibility index (Phi) is 6.43. The summed E-state index contributed by atoms with van der Waals surface area (Å²) in [6.45, 7) is 6.39. The van der Waals surface area contributed by atoms with Crippen molar-refractivity contribution in [2.45, 2.75) is 33.2 Å². The Balaban J connectivity index is 2.49. The van der Waals surface area contributed by atoms with Gasteiger partial charge in [-0.3, -0.25) is 4.79 Å². The fourth-order valence-corrected chi connectivity index (χ4v) is 3.52. The molecular formula is C17H21BrClN3O2. The molecular weight excluding hydrogens is 394 g/mol. The molecule has 1 aromatic carbocycles. The number of aromatic nitrogens is 2. The van der Waals surface area contributed by atoms with Gasteiger partial charge in [0.15, 0.2) is 5.82 Å². The predicted octanol–water partition coefficient (Wildman–Crippen LogP) is 4.62. The van der Waals surface area contributed by atoms with Gasteiger partial charge < -0.3 is 14.6 Å². The minimum atomic E-state index is -0.218. The van der Waals surface area contributed by atoms with Crippen LogP contribution in [0.25, 0.3) is 0 Å². The fraction of sp³-hybridized carbons (Fsp3) is 0.412. The van der Waals surface area contributed by atoms with Gasteiger partial charge in [-0.05, 0) is 43.5 Å². The first kappa shape index (κ1) is 19.0. The molecule has 0 fully saturated rings. The van der Waals surface area contributed by atoms with Crippen molar-refractivity contribution < 1.29 is 4.74 Å². The van der Waals surface area contributed by atoms with E-state index in [4.69, 9.17) is 16.3 Å². The SMILES string of the molecule is CCC(COC)n1cc(Cl)nc(Nc2c(C)cc(Br)cc2C)c1=O. The second-order valence-electron chi connectivity index (χ2n) is 5.68. The standard InChI is InChI=1S/C17H21BrClN3O2/c1-5-13(9-24-4)22-8-14(19)20-16(17(22)23)21-15-10(2)6-12(18)7-11(15)3/h6-8,13H,5,9H2,1-4H3,(H,20,21). The van der Waals surface area contributed by atoms with Crippen LogP contribution in [-0.2, 0) is 4.74 Å². The van der Waals surface area contributed by atoms with Crippen LogP contribution in [0.2, 0.25) is 5.15 Å². The average molecular weight is 415 g/mol. The van der Waals surface area contributed by atoms with Gasteiger partial charge in [0.05, 0.1) is 12.6 Å². The van der Waals surface area contributed by atoms with Crippen LogP contribution in [0.3, 0.4) is 0 Å². The van der Waals surface area contributed by atoms with E-state index in [2.05, 4.69) is 26.2 Å². The lowest BCUT2D eigenvalue weighted by Gasteiger charge is -2.19. The molecule has 0 amide bonds. The van der Waals surface area contributed by atoms with E-state index in [0.717, 1.165) is 27.7 Å². The molecule has 1 atom stereocenters. The van der Waals surface area contributed by atoms with Crippen molar-refractivity contribution in [1.29, 1.82) is 0 Å². The highest BCUT2D eigenvalue weighted by Gasteiger charge is 2.16. The monoisotopic (exact) mass is 413 g/mol. The molecule has 0 aliphatic carbocycles. The Labute approximate surface area is 155 Å². The van der Waals surface area contributed by atoms with Crippen LogP contribution >= 0.6 is 27.5 Å². The normalized spacial score (nSPS) is 12.2. The molecule has 130 valence electrons. The summed E-state index contributed by atoms with van der Waals surface area (Å²) in [6, 6.07) is 3.88. The molecule has 0 radical (unpaired) electrons. The Morgan fingerprint density at radius 3 is 2.54 bits per heavy atom. The molecule has 0 aliphatic rings. The van der Waals surface area contributed by atoms with E-state index in [-0.39, 0.29) is 22.6 Å². The number of aryl methyl sites for hydroxylation is 2. The Bertz CT molecular complexity index is 769. The highest BCUT2D eigenvalue weighted by atomic mass is 79.9. The van der Waals surface area contributed by atoms with E-state index >= 15 is 0 Å². The maximum atomic E-state index is 12.8. The van der Waals surface area contributed by atoms with Crippen LogP contribution in [0.4, 0.5) is 11.5 Å². The predicted molar refractivity (Wildman–Crippen MR) is 102 cm³/mol. The van der Waals surface area contributed by atoms with E-state index < -0.39 is 0 Å². The molecule has 2 aromatic rings. The highest BCUT2D eigenvalue weighted by Crippen LogP contribution is 2.27. The fourth-order valence-electron chi connectivity index (χ4n) is 2.65. The molecule has 5 nitrogen and oxygen atoms in total. The largest absolute Gasteiger partial charge is 0.383 e. The zero-order chi connectivity index (χ0) is 17.9. The Morgan fingerprint density at radius 2 is 2.00 bits per heavy atom.